The van der Waals surface area contributed by atoms with Crippen LogP contribution in [0.2, 0.25) is 5.02 Å². The van der Waals surface area contributed by atoms with Crippen molar-refractivity contribution in [1.29, 1.82) is 5.26 Å². The molecule has 33 heavy (non-hydrogen) atoms. The second kappa shape index (κ2) is 9.27. The van der Waals surface area contributed by atoms with Crippen molar-refractivity contribution < 1.29 is 23.1 Å². The first-order valence-electron chi connectivity index (χ1n) is 10.9. The van der Waals surface area contributed by atoms with Crippen LogP contribution in [0.5, 0.6) is 5.75 Å². The van der Waals surface area contributed by atoms with E-state index in [2.05, 4.69) is 16.7 Å². The van der Waals surface area contributed by atoms with Crippen molar-refractivity contribution in [1.82, 2.24) is 15.5 Å². The molecule has 0 spiro atoms. The number of nitrogens with zero attached hydrogens (tertiary/aromatic N) is 2. The van der Waals surface area contributed by atoms with Gasteiger partial charge < -0.3 is 15.4 Å². The molecule has 176 valence electrons. The zero-order valence-electron chi connectivity index (χ0n) is 18.0. The summed E-state index contributed by atoms with van der Waals surface area (Å²) in [6, 6.07) is 5.05. The van der Waals surface area contributed by atoms with Gasteiger partial charge in [-0.15, -0.1) is 0 Å². The zero-order valence-corrected chi connectivity index (χ0v) is 18.7. The van der Waals surface area contributed by atoms with Crippen LogP contribution in [0.15, 0.2) is 30.4 Å². The first kappa shape index (κ1) is 23.5. The SMILES string of the molecule is N#CC1(NC(=O)[C@@H]2Cc3ccc(c(Cl)c3)OC/C=C\CCN3CC(F)(F)CC3C(=O)N2)CC1. The van der Waals surface area contributed by atoms with E-state index in [1.54, 1.807) is 24.3 Å². The van der Waals surface area contributed by atoms with E-state index in [-0.39, 0.29) is 19.6 Å². The third kappa shape index (κ3) is 5.63. The van der Waals surface area contributed by atoms with Crippen LogP contribution in [-0.4, -0.2) is 60.0 Å². The van der Waals surface area contributed by atoms with E-state index in [0.29, 0.717) is 35.6 Å². The maximum absolute atomic E-state index is 14.2. The molecule has 2 atom stereocenters. The summed E-state index contributed by atoms with van der Waals surface area (Å²) in [7, 11) is 0. The van der Waals surface area contributed by atoms with Crippen LogP contribution in [0.25, 0.3) is 0 Å². The summed E-state index contributed by atoms with van der Waals surface area (Å²) in [6.45, 7) is 0.0216. The Morgan fingerprint density at radius 3 is 2.82 bits per heavy atom. The summed E-state index contributed by atoms with van der Waals surface area (Å²) in [5.74, 6) is -3.67. The minimum absolute atomic E-state index is 0.0854. The van der Waals surface area contributed by atoms with Crippen molar-refractivity contribution in [2.75, 3.05) is 19.7 Å². The quantitative estimate of drug-likeness (QED) is 0.637. The fraction of sp³-hybridized carbons (Fsp3) is 0.522. The van der Waals surface area contributed by atoms with E-state index < -0.39 is 48.3 Å². The van der Waals surface area contributed by atoms with Gasteiger partial charge in [0.2, 0.25) is 11.8 Å². The number of carbonyl (C=O) groups excluding carboxylic acids is 2. The van der Waals surface area contributed by atoms with Crippen molar-refractivity contribution in [2.24, 2.45) is 0 Å². The Hall–Kier alpha value is -2.70. The monoisotopic (exact) mass is 478 g/mol. The van der Waals surface area contributed by atoms with Gasteiger partial charge in [-0.1, -0.05) is 29.8 Å². The third-order valence-electron chi connectivity index (χ3n) is 6.15. The minimum Gasteiger partial charge on any atom is -0.488 e. The van der Waals surface area contributed by atoms with E-state index in [0.717, 1.165) is 0 Å². The summed E-state index contributed by atoms with van der Waals surface area (Å²) in [5, 5.41) is 15.0. The lowest BCUT2D eigenvalue weighted by atomic mass is 10.0. The molecule has 3 heterocycles. The highest BCUT2D eigenvalue weighted by Crippen LogP contribution is 2.35. The predicted molar refractivity (Wildman–Crippen MR) is 117 cm³/mol. The molecule has 4 aliphatic rings. The molecule has 2 bridgehead atoms. The lowest BCUT2D eigenvalue weighted by molar-refractivity contribution is -0.131. The van der Waals surface area contributed by atoms with Gasteiger partial charge in [0.05, 0.1) is 23.7 Å². The van der Waals surface area contributed by atoms with Crippen LogP contribution in [0.4, 0.5) is 8.78 Å². The number of nitrogens with one attached hydrogen (secondary N) is 2. The highest BCUT2D eigenvalue weighted by atomic mass is 35.5. The Bertz CT molecular complexity index is 1010. The summed E-state index contributed by atoms with van der Waals surface area (Å²) in [6.07, 6.45) is 4.60. The summed E-state index contributed by atoms with van der Waals surface area (Å²) in [4.78, 5) is 27.5. The second-order valence-electron chi connectivity index (χ2n) is 8.83. The number of benzene rings is 1. The molecular weight excluding hydrogens is 454 g/mol. The van der Waals surface area contributed by atoms with Crippen LogP contribution in [0, 0.1) is 11.3 Å². The molecule has 2 fully saturated rings. The minimum atomic E-state index is -2.99. The summed E-state index contributed by atoms with van der Waals surface area (Å²) in [5.41, 5.74) is -0.267. The Morgan fingerprint density at radius 2 is 2.12 bits per heavy atom. The molecule has 10 heteroatoms. The number of alkyl halides is 2. The van der Waals surface area contributed by atoms with Crippen molar-refractivity contribution >= 4 is 23.4 Å². The number of nitriles is 1. The molecule has 2 N–H and O–H groups in total. The Kier molecular flexibility index (Phi) is 6.59. The van der Waals surface area contributed by atoms with Crippen LogP contribution in [-0.2, 0) is 16.0 Å². The van der Waals surface area contributed by atoms with Crippen LogP contribution >= 0.6 is 11.6 Å². The van der Waals surface area contributed by atoms with Crippen molar-refractivity contribution in [2.45, 2.75) is 55.6 Å². The van der Waals surface area contributed by atoms with Gasteiger partial charge in [0.25, 0.3) is 5.92 Å². The van der Waals surface area contributed by atoms with Gasteiger partial charge in [0.1, 0.15) is 23.9 Å². The fourth-order valence-corrected chi connectivity index (χ4v) is 4.41. The summed E-state index contributed by atoms with van der Waals surface area (Å²) < 4.78 is 34.0. The number of hydrogen-bond acceptors (Lipinski definition) is 5. The van der Waals surface area contributed by atoms with Crippen molar-refractivity contribution in [3.05, 3.63) is 40.9 Å². The molecule has 3 aliphatic heterocycles. The lowest BCUT2D eigenvalue weighted by Gasteiger charge is -2.26. The van der Waals surface area contributed by atoms with Gasteiger partial charge in [0.15, 0.2) is 0 Å². The second-order valence-corrected chi connectivity index (χ2v) is 9.24. The van der Waals surface area contributed by atoms with Gasteiger partial charge in [-0.25, -0.2) is 8.78 Å². The Labute approximate surface area is 195 Å². The molecule has 1 unspecified atom stereocenters. The van der Waals surface area contributed by atoms with E-state index in [4.69, 9.17) is 16.3 Å². The third-order valence-corrected chi connectivity index (χ3v) is 6.45. The smallest absolute Gasteiger partial charge is 0.262 e. The van der Waals surface area contributed by atoms with Crippen LogP contribution in [0.1, 0.15) is 31.2 Å². The van der Waals surface area contributed by atoms with Gasteiger partial charge in [-0.2, -0.15) is 5.26 Å². The highest BCUT2D eigenvalue weighted by molar-refractivity contribution is 6.32. The molecule has 1 aromatic rings. The number of amides is 2. The Morgan fingerprint density at radius 1 is 1.33 bits per heavy atom. The number of rotatable bonds is 2. The highest BCUT2D eigenvalue weighted by Gasteiger charge is 2.49. The number of hydrogen-bond donors (Lipinski definition) is 2. The lowest BCUT2D eigenvalue weighted by Crippen LogP contribution is -2.55. The number of halogens is 3. The topological polar surface area (TPSA) is 94.5 Å². The molecular formula is C23H25ClF2N4O3. The van der Waals surface area contributed by atoms with E-state index >= 15 is 0 Å². The molecule has 2 amide bonds. The number of carbonyl (C=O) groups is 2. The molecule has 1 saturated heterocycles. The first-order valence-corrected chi connectivity index (χ1v) is 11.3. The normalized spacial score (nSPS) is 27.5. The average molecular weight is 479 g/mol. The van der Waals surface area contributed by atoms with E-state index in [9.17, 15) is 23.6 Å². The van der Waals surface area contributed by atoms with Gasteiger partial charge >= 0.3 is 0 Å². The number of ether oxygens (including phenoxy) is 1. The van der Waals surface area contributed by atoms with Gasteiger partial charge in [-0.05, 0) is 37.0 Å². The maximum atomic E-state index is 14.2. The fourth-order valence-electron chi connectivity index (χ4n) is 4.16. The molecule has 1 aromatic carbocycles. The standard InChI is InChI=1S/C23H25ClF2N4O3/c24-16-10-15-4-5-19(16)33-9-3-1-2-8-30-14-23(25,26)12-18(30)21(32)28-17(11-15)20(31)29-22(13-27)6-7-22/h1,3-5,10,17-18H,2,6-9,11-12,14H2,(H,28,32)(H,29,31)/b3-1-/t17-,18?/m0/s1. The van der Waals surface area contributed by atoms with E-state index in [1.165, 1.54) is 4.90 Å². The largest absolute Gasteiger partial charge is 0.488 e. The number of fused-ring (bicyclic) bond motifs is 9. The maximum Gasteiger partial charge on any atom is 0.262 e. The van der Waals surface area contributed by atoms with E-state index in [1.807, 2.05) is 6.08 Å². The van der Waals surface area contributed by atoms with Gasteiger partial charge in [0, 0.05) is 19.4 Å². The van der Waals surface area contributed by atoms with Crippen LogP contribution in [0.3, 0.4) is 0 Å². The summed E-state index contributed by atoms with van der Waals surface area (Å²) >= 11 is 6.32. The molecule has 5 rings (SSSR count). The zero-order chi connectivity index (χ0) is 23.6. The molecule has 1 saturated carbocycles. The average Bonchev–Trinajstić information content (AvgIpc) is 3.46. The molecule has 0 aromatic heterocycles. The molecule has 1 aliphatic carbocycles. The molecule has 0 radical (unpaired) electrons. The van der Waals surface area contributed by atoms with Gasteiger partial charge in [-0.3, -0.25) is 14.5 Å². The van der Waals surface area contributed by atoms with Crippen molar-refractivity contribution in [3.8, 4) is 11.8 Å². The van der Waals surface area contributed by atoms with Crippen LogP contribution < -0.4 is 15.4 Å². The first-order chi connectivity index (χ1) is 15.7. The molecule has 7 nitrogen and oxygen atoms in total. The van der Waals surface area contributed by atoms with Crippen molar-refractivity contribution in [3.63, 3.8) is 0 Å². The Balaban J connectivity index is 1.61. The predicted octanol–water partition coefficient (Wildman–Crippen LogP) is 2.59.